The number of aliphatic carboxylic acids is 1. The third-order valence-corrected chi connectivity index (χ3v) is 6.08. The molecule has 2 atom stereocenters. The average Bonchev–Trinajstić information content (AvgIpc) is 2.63. The summed E-state index contributed by atoms with van der Waals surface area (Å²) in [6, 6.07) is -1.62. The fraction of sp³-hybridized carbons (Fsp3) is 0.500. The Kier molecular flexibility index (Phi) is 10.7. The molecule has 0 spiro atoms. The molecule has 1 amide bonds. The van der Waals surface area contributed by atoms with Crippen molar-refractivity contribution in [2.24, 2.45) is 5.41 Å². The Morgan fingerprint density at radius 3 is 2.36 bits per heavy atom. The third kappa shape index (κ3) is 10.5. The van der Waals surface area contributed by atoms with E-state index in [1.165, 1.54) is 30.1 Å². The zero-order valence-electron chi connectivity index (χ0n) is 20.2. The summed E-state index contributed by atoms with van der Waals surface area (Å²) in [5.41, 5.74) is 4.59. The van der Waals surface area contributed by atoms with Crippen LogP contribution in [0, 0.1) is 5.41 Å². The van der Waals surface area contributed by atoms with Crippen LogP contribution in [0.1, 0.15) is 60.8 Å². The summed E-state index contributed by atoms with van der Waals surface area (Å²) in [7, 11) is -4.89. The van der Waals surface area contributed by atoms with Gasteiger partial charge in [0.15, 0.2) is 6.04 Å². The average molecular weight is 482 g/mol. The van der Waals surface area contributed by atoms with Crippen molar-refractivity contribution >= 4 is 19.7 Å². The topological polar surface area (TPSA) is 133 Å². The molecule has 0 saturated heterocycles. The number of phosphoric ester groups is 1. The minimum atomic E-state index is -4.89. The molecule has 0 aromatic carbocycles. The van der Waals surface area contributed by atoms with Gasteiger partial charge in [-0.2, -0.15) is 0 Å². The van der Waals surface area contributed by atoms with Gasteiger partial charge in [0, 0.05) is 6.08 Å². The van der Waals surface area contributed by atoms with Crippen LogP contribution in [0.2, 0.25) is 0 Å². The van der Waals surface area contributed by atoms with E-state index in [2.05, 4.69) is 42.8 Å². The molecule has 0 saturated carbocycles. The first kappa shape index (κ1) is 28.8. The zero-order valence-corrected chi connectivity index (χ0v) is 21.1. The molecular weight excluding hydrogens is 445 g/mol. The van der Waals surface area contributed by atoms with Crippen LogP contribution in [-0.2, 0) is 18.7 Å². The molecule has 0 aromatic heterocycles. The van der Waals surface area contributed by atoms with Gasteiger partial charge in [0.2, 0.25) is 5.91 Å². The number of hydrogen-bond donors (Lipinski definition) is 4. The minimum absolute atomic E-state index is 0.170. The van der Waals surface area contributed by atoms with E-state index >= 15 is 0 Å². The van der Waals surface area contributed by atoms with Crippen LogP contribution in [0.5, 0.6) is 0 Å². The summed E-state index contributed by atoms with van der Waals surface area (Å²) in [5, 5.41) is 11.4. The zero-order chi connectivity index (χ0) is 25.4. The van der Waals surface area contributed by atoms with Crippen LogP contribution in [0.4, 0.5) is 0 Å². The Balaban J connectivity index is 2.79. The minimum Gasteiger partial charge on any atom is -0.480 e. The second kappa shape index (κ2) is 12.3. The van der Waals surface area contributed by atoms with Gasteiger partial charge in [-0.25, -0.2) is 9.36 Å². The maximum Gasteiger partial charge on any atom is 0.469 e. The van der Waals surface area contributed by atoms with Crippen molar-refractivity contribution in [2.45, 2.75) is 73.0 Å². The SMILES string of the molecule is CC1=C(/C=C/C(C)=C/C=C/C(C)=C/C(=O)N[C@H](C(=O)O)[C@@H](C)OP(=O)(O)O)C(C)(C)CCC1. The van der Waals surface area contributed by atoms with Gasteiger partial charge < -0.3 is 20.2 Å². The van der Waals surface area contributed by atoms with Gasteiger partial charge in [-0.15, -0.1) is 0 Å². The molecule has 0 unspecified atom stereocenters. The largest absolute Gasteiger partial charge is 0.480 e. The van der Waals surface area contributed by atoms with E-state index in [4.69, 9.17) is 9.79 Å². The van der Waals surface area contributed by atoms with E-state index in [9.17, 15) is 19.3 Å². The van der Waals surface area contributed by atoms with Crippen molar-refractivity contribution < 1.29 is 33.6 Å². The van der Waals surface area contributed by atoms with Crippen molar-refractivity contribution in [3.63, 3.8) is 0 Å². The smallest absolute Gasteiger partial charge is 0.469 e. The van der Waals surface area contributed by atoms with Crippen LogP contribution < -0.4 is 5.32 Å². The van der Waals surface area contributed by atoms with Crippen LogP contribution in [0.25, 0.3) is 0 Å². The molecule has 4 N–H and O–H groups in total. The Bertz CT molecular complexity index is 934. The molecule has 0 heterocycles. The van der Waals surface area contributed by atoms with Gasteiger partial charge in [-0.1, -0.05) is 55.4 Å². The summed E-state index contributed by atoms with van der Waals surface area (Å²) >= 11 is 0. The first-order chi connectivity index (χ1) is 15.1. The van der Waals surface area contributed by atoms with Gasteiger partial charge in [-0.3, -0.25) is 9.32 Å². The number of hydrogen-bond acceptors (Lipinski definition) is 4. The van der Waals surface area contributed by atoms with Crippen LogP contribution in [-0.4, -0.2) is 38.9 Å². The Hall–Kier alpha value is -2.25. The number of carboxylic acids is 1. The fourth-order valence-electron chi connectivity index (χ4n) is 3.74. The maximum absolute atomic E-state index is 12.1. The normalized spacial score (nSPS) is 19.8. The molecule has 0 radical (unpaired) electrons. The van der Waals surface area contributed by atoms with Gasteiger partial charge in [-0.05, 0) is 63.5 Å². The lowest BCUT2D eigenvalue weighted by molar-refractivity contribution is -0.143. The monoisotopic (exact) mass is 481 g/mol. The molecule has 1 aliphatic rings. The van der Waals surface area contributed by atoms with E-state index < -0.39 is 31.8 Å². The highest BCUT2D eigenvalue weighted by Gasteiger charge is 2.32. The Morgan fingerprint density at radius 1 is 1.18 bits per heavy atom. The van der Waals surface area contributed by atoms with E-state index in [0.717, 1.165) is 18.9 Å². The number of rotatable bonds is 10. The van der Waals surface area contributed by atoms with Crippen molar-refractivity contribution in [2.75, 3.05) is 0 Å². The fourth-order valence-corrected chi connectivity index (χ4v) is 4.29. The molecule has 1 aliphatic carbocycles. The summed E-state index contributed by atoms with van der Waals surface area (Å²) < 4.78 is 15.3. The summed E-state index contributed by atoms with van der Waals surface area (Å²) in [5.74, 6) is -2.18. The van der Waals surface area contributed by atoms with Crippen molar-refractivity contribution in [1.82, 2.24) is 5.32 Å². The molecule has 1 rings (SSSR count). The molecule has 0 fully saturated rings. The highest BCUT2D eigenvalue weighted by atomic mass is 31.2. The van der Waals surface area contributed by atoms with E-state index in [-0.39, 0.29) is 5.41 Å². The number of allylic oxidation sites excluding steroid dienone is 9. The molecule has 33 heavy (non-hydrogen) atoms. The lowest BCUT2D eigenvalue weighted by atomic mass is 9.72. The number of carbonyl (C=O) groups is 2. The second-order valence-corrected chi connectivity index (χ2v) is 10.2. The van der Waals surface area contributed by atoms with Crippen LogP contribution >= 0.6 is 7.82 Å². The number of carboxylic acid groups (broad SMARTS) is 1. The van der Waals surface area contributed by atoms with Gasteiger partial charge in [0.05, 0.1) is 6.10 Å². The summed E-state index contributed by atoms with van der Waals surface area (Å²) in [6.45, 7) is 11.5. The lowest BCUT2D eigenvalue weighted by Gasteiger charge is -2.32. The number of nitrogens with one attached hydrogen (secondary N) is 1. The molecule has 8 nitrogen and oxygen atoms in total. The molecule has 0 bridgehead atoms. The lowest BCUT2D eigenvalue weighted by Crippen LogP contribution is -2.47. The molecule has 0 aliphatic heterocycles. The Morgan fingerprint density at radius 2 is 1.82 bits per heavy atom. The number of phosphoric acid groups is 1. The van der Waals surface area contributed by atoms with Crippen LogP contribution in [0.15, 0.2) is 58.7 Å². The first-order valence-electron chi connectivity index (χ1n) is 10.8. The molecular formula is C24H36NO7P. The van der Waals surface area contributed by atoms with E-state index in [0.29, 0.717) is 5.57 Å². The molecule has 184 valence electrons. The second-order valence-electron chi connectivity index (χ2n) is 9.05. The van der Waals surface area contributed by atoms with Crippen molar-refractivity contribution in [1.29, 1.82) is 0 Å². The van der Waals surface area contributed by atoms with Gasteiger partial charge in [0.1, 0.15) is 0 Å². The van der Waals surface area contributed by atoms with Crippen LogP contribution in [0.3, 0.4) is 0 Å². The van der Waals surface area contributed by atoms with Crippen molar-refractivity contribution in [3.8, 4) is 0 Å². The highest BCUT2D eigenvalue weighted by Crippen LogP contribution is 2.41. The summed E-state index contributed by atoms with van der Waals surface area (Å²) in [6.07, 6.45) is 13.0. The van der Waals surface area contributed by atoms with E-state index in [1.54, 1.807) is 19.1 Å². The molecule has 0 aromatic rings. The maximum atomic E-state index is 12.1. The standard InChI is InChI=1S/C24H36NO7P/c1-16(12-13-20-18(3)11-8-14-24(20,5)6)9-7-10-17(2)15-21(26)25-22(23(27)28)19(4)32-33(29,30)31/h7,9-10,12-13,15,19,22H,8,11,14H2,1-6H3,(H,25,26)(H,27,28)(H2,29,30,31)/b10-7+,13-12+,16-9+,17-15+/t19-,22+/m1/s1. The van der Waals surface area contributed by atoms with E-state index in [1.807, 2.05) is 13.0 Å². The number of carbonyl (C=O) groups excluding carboxylic acids is 1. The van der Waals surface area contributed by atoms with Crippen molar-refractivity contribution in [3.05, 3.63) is 58.7 Å². The third-order valence-electron chi connectivity index (χ3n) is 5.47. The first-order valence-corrected chi connectivity index (χ1v) is 12.3. The predicted octanol–water partition coefficient (Wildman–Crippen LogP) is 4.59. The predicted molar refractivity (Wildman–Crippen MR) is 128 cm³/mol. The highest BCUT2D eigenvalue weighted by molar-refractivity contribution is 7.46. The summed E-state index contributed by atoms with van der Waals surface area (Å²) in [4.78, 5) is 41.2. The van der Waals surface area contributed by atoms with Gasteiger partial charge >= 0.3 is 13.8 Å². The van der Waals surface area contributed by atoms with Gasteiger partial charge in [0.25, 0.3) is 0 Å². The number of amides is 1. The molecule has 9 heteroatoms. The quantitative estimate of drug-likeness (QED) is 0.204. The Labute approximate surface area is 196 Å².